The molecule has 0 radical (unpaired) electrons. The van der Waals surface area contributed by atoms with E-state index in [1.54, 1.807) is 27.7 Å². The smallest absolute Gasteiger partial charge is 0.309 e. The van der Waals surface area contributed by atoms with Crippen LogP contribution >= 0.6 is 0 Å². The van der Waals surface area contributed by atoms with Gasteiger partial charge in [0.2, 0.25) is 0 Å². The van der Waals surface area contributed by atoms with Gasteiger partial charge in [0.05, 0.1) is 11.0 Å². The molecule has 100 valence electrons. The molecule has 0 spiro atoms. The predicted molar refractivity (Wildman–Crippen MR) is 71.6 cm³/mol. The summed E-state index contributed by atoms with van der Waals surface area (Å²) < 4.78 is 0. The van der Waals surface area contributed by atoms with E-state index < -0.39 is 17.0 Å². The predicted octanol–water partition coefficient (Wildman–Crippen LogP) is 2.65. The maximum absolute atomic E-state index is 11.1. The molecule has 2 N–H and O–H groups in total. The minimum Gasteiger partial charge on any atom is -0.481 e. The highest BCUT2D eigenvalue weighted by Crippen LogP contribution is 2.23. The van der Waals surface area contributed by atoms with Gasteiger partial charge in [-0.3, -0.25) is 4.79 Å². The number of hydrogen-bond acceptors (Lipinski definition) is 2. The fraction of sp³-hybridized carbons (Fsp3) is 0.533. The molecule has 0 bridgehead atoms. The largest absolute Gasteiger partial charge is 0.481 e. The van der Waals surface area contributed by atoms with E-state index in [0.717, 1.165) is 11.1 Å². The molecule has 0 aromatic heterocycles. The van der Waals surface area contributed by atoms with E-state index in [0.29, 0.717) is 12.8 Å². The fourth-order valence-corrected chi connectivity index (χ4v) is 1.94. The normalized spacial score (nSPS) is 12.5. The summed E-state index contributed by atoms with van der Waals surface area (Å²) in [4.78, 5) is 11.1. The molecule has 18 heavy (non-hydrogen) atoms. The van der Waals surface area contributed by atoms with Gasteiger partial charge >= 0.3 is 5.97 Å². The Balaban J connectivity index is 2.86. The third kappa shape index (κ3) is 4.49. The van der Waals surface area contributed by atoms with Gasteiger partial charge in [-0.05, 0) is 45.2 Å². The Labute approximate surface area is 108 Å². The average Bonchev–Trinajstić information content (AvgIpc) is 2.13. The molecular formula is C15H22O3. The molecule has 0 atom stereocenters. The van der Waals surface area contributed by atoms with Crippen LogP contribution in [-0.4, -0.2) is 21.8 Å². The fourth-order valence-electron chi connectivity index (χ4n) is 1.94. The summed E-state index contributed by atoms with van der Waals surface area (Å²) in [5.74, 6) is -0.796. The Morgan fingerprint density at radius 3 is 2.06 bits per heavy atom. The first-order chi connectivity index (χ1) is 8.10. The van der Waals surface area contributed by atoms with Crippen molar-refractivity contribution in [1.82, 2.24) is 0 Å². The number of carbonyl (C=O) groups is 1. The van der Waals surface area contributed by atoms with Gasteiger partial charge in [-0.1, -0.05) is 24.3 Å². The Kier molecular flexibility index (Phi) is 4.17. The Bertz CT molecular complexity index is 428. The number of carboxylic acid groups (broad SMARTS) is 1. The minimum atomic E-state index is -0.796. The second-order valence-electron chi connectivity index (χ2n) is 6.17. The number of carboxylic acids is 1. The highest BCUT2D eigenvalue weighted by atomic mass is 16.4. The van der Waals surface area contributed by atoms with Crippen molar-refractivity contribution < 1.29 is 15.0 Å². The zero-order chi connectivity index (χ0) is 14.0. The maximum Gasteiger partial charge on any atom is 0.309 e. The number of hydrogen-bond donors (Lipinski definition) is 2. The van der Waals surface area contributed by atoms with E-state index in [1.807, 2.05) is 24.3 Å². The van der Waals surface area contributed by atoms with Crippen molar-refractivity contribution in [2.24, 2.45) is 5.41 Å². The quantitative estimate of drug-likeness (QED) is 0.844. The van der Waals surface area contributed by atoms with Crippen molar-refractivity contribution in [3.63, 3.8) is 0 Å². The molecule has 3 heteroatoms. The first-order valence-electron chi connectivity index (χ1n) is 6.14. The Hall–Kier alpha value is -1.35. The topological polar surface area (TPSA) is 57.5 Å². The molecule has 0 aliphatic rings. The number of aliphatic carboxylic acids is 1. The van der Waals surface area contributed by atoms with Crippen LogP contribution in [0.3, 0.4) is 0 Å². The van der Waals surface area contributed by atoms with Crippen LogP contribution in [0.15, 0.2) is 24.3 Å². The molecule has 1 aromatic rings. The average molecular weight is 250 g/mol. The lowest BCUT2D eigenvalue weighted by atomic mass is 9.85. The lowest BCUT2D eigenvalue weighted by Crippen LogP contribution is -2.26. The molecule has 0 fully saturated rings. The Morgan fingerprint density at radius 1 is 1.11 bits per heavy atom. The molecule has 0 saturated carbocycles. The zero-order valence-electron chi connectivity index (χ0n) is 11.5. The first-order valence-corrected chi connectivity index (χ1v) is 6.14. The van der Waals surface area contributed by atoms with E-state index >= 15 is 0 Å². The maximum atomic E-state index is 11.1. The summed E-state index contributed by atoms with van der Waals surface area (Å²) in [6.45, 7) is 6.97. The second kappa shape index (κ2) is 5.11. The van der Waals surface area contributed by atoms with Gasteiger partial charge in [0.15, 0.2) is 0 Å². The van der Waals surface area contributed by atoms with Crippen molar-refractivity contribution in [1.29, 1.82) is 0 Å². The van der Waals surface area contributed by atoms with Crippen LogP contribution in [0.5, 0.6) is 0 Å². The molecule has 3 nitrogen and oxygen atoms in total. The summed E-state index contributed by atoms with van der Waals surface area (Å²) in [5.41, 5.74) is 0.499. The molecule has 1 rings (SSSR count). The standard InChI is InChI=1S/C15H22O3/c1-14(2,13(16)17)9-11-6-5-7-12(8-11)10-15(3,4)18/h5-8,18H,9-10H2,1-4H3,(H,16,17). The number of aliphatic hydroxyl groups is 1. The van der Waals surface area contributed by atoms with Crippen LogP contribution in [0.25, 0.3) is 0 Å². The highest BCUT2D eigenvalue weighted by molar-refractivity contribution is 5.74. The summed E-state index contributed by atoms with van der Waals surface area (Å²) in [5, 5.41) is 18.9. The van der Waals surface area contributed by atoms with Crippen LogP contribution < -0.4 is 0 Å². The van der Waals surface area contributed by atoms with Crippen LogP contribution in [0.1, 0.15) is 38.8 Å². The summed E-state index contributed by atoms with van der Waals surface area (Å²) in [7, 11) is 0. The summed E-state index contributed by atoms with van der Waals surface area (Å²) in [6, 6.07) is 7.77. The van der Waals surface area contributed by atoms with Crippen molar-refractivity contribution in [2.75, 3.05) is 0 Å². The lowest BCUT2D eigenvalue weighted by molar-refractivity contribution is -0.146. The third-order valence-corrected chi connectivity index (χ3v) is 2.85. The first kappa shape index (κ1) is 14.7. The molecule has 0 amide bonds. The zero-order valence-corrected chi connectivity index (χ0v) is 11.5. The van der Waals surface area contributed by atoms with E-state index in [9.17, 15) is 9.90 Å². The lowest BCUT2D eigenvalue weighted by Gasteiger charge is -2.21. The van der Waals surface area contributed by atoms with Gasteiger partial charge in [-0.15, -0.1) is 0 Å². The second-order valence-corrected chi connectivity index (χ2v) is 6.17. The molecule has 0 aliphatic carbocycles. The van der Waals surface area contributed by atoms with E-state index in [2.05, 4.69) is 0 Å². The molecule has 1 aromatic carbocycles. The molecular weight excluding hydrogens is 228 g/mol. The van der Waals surface area contributed by atoms with E-state index in [-0.39, 0.29) is 0 Å². The van der Waals surface area contributed by atoms with Crippen molar-refractivity contribution in [3.8, 4) is 0 Å². The van der Waals surface area contributed by atoms with Crippen molar-refractivity contribution >= 4 is 5.97 Å². The van der Waals surface area contributed by atoms with Crippen LogP contribution in [0.2, 0.25) is 0 Å². The highest BCUT2D eigenvalue weighted by Gasteiger charge is 2.27. The van der Waals surface area contributed by atoms with Crippen LogP contribution in [0.4, 0.5) is 0 Å². The van der Waals surface area contributed by atoms with Crippen LogP contribution in [-0.2, 0) is 17.6 Å². The van der Waals surface area contributed by atoms with Gasteiger partial charge < -0.3 is 10.2 Å². The van der Waals surface area contributed by atoms with Gasteiger partial charge in [-0.2, -0.15) is 0 Å². The summed E-state index contributed by atoms with van der Waals surface area (Å²) >= 11 is 0. The van der Waals surface area contributed by atoms with Crippen molar-refractivity contribution in [2.45, 2.75) is 46.1 Å². The van der Waals surface area contributed by atoms with Crippen molar-refractivity contribution in [3.05, 3.63) is 35.4 Å². The van der Waals surface area contributed by atoms with E-state index in [4.69, 9.17) is 5.11 Å². The Morgan fingerprint density at radius 2 is 1.61 bits per heavy atom. The third-order valence-electron chi connectivity index (χ3n) is 2.85. The molecule has 0 aliphatic heterocycles. The monoisotopic (exact) mass is 250 g/mol. The molecule has 0 heterocycles. The van der Waals surface area contributed by atoms with Gasteiger partial charge in [0.25, 0.3) is 0 Å². The van der Waals surface area contributed by atoms with Gasteiger partial charge in [0.1, 0.15) is 0 Å². The van der Waals surface area contributed by atoms with Crippen LogP contribution in [0, 0.1) is 5.41 Å². The molecule has 0 saturated heterocycles. The van der Waals surface area contributed by atoms with Gasteiger partial charge in [0, 0.05) is 6.42 Å². The number of benzene rings is 1. The molecule has 0 unspecified atom stereocenters. The SMILES string of the molecule is CC(C)(O)Cc1cccc(CC(C)(C)C(=O)O)c1. The summed E-state index contributed by atoms with van der Waals surface area (Å²) in [6.07, 6.45) is 1.05. The van der Waals surface area contributed by atoms with Gasteiger partial charge in [-0.25, -0.2) is 0 Å². The number of rotatable bonds is 5. The van der Waals surface area contributed by atoms with E-state index in [1.165, 1.54) is 0 Å². The minimum absolute atomic E-state index is 0.488.